The Morgan fingerprint density at radius 2 is 1.90 bits per heavy atom. The van der Waals surface area contributed by atoms with E-state index in [0.29, 0.717) is 18.1 Å². The van der Waals surface area contributed by atoms with Gasteiger partial charge in [0, 0.05) is 37.5 Å². The van der Waals surface area contributed by atoms with Gasteiger partial charge in [-0.15, -0.1) is 0 Å². The van der Waals surface area contributed by atoms with Crippen LogP contribution in [0.3, 0.4) is 0 Å². The van der Waals surface area contributed by atoms with Crippen LogP contribution < -0.4 is 10.1 Å². The van der Waals surface area contributed by atoms with Gasteiger partial charge in [-0.25, -0.2) is 4.98 Å². The molecule has 3 aromatic heterocycles. The number of anilines is 1. The maximum absolute atomic E-state index is 5.39. The maximum atomic E-state index is 5.39. The van der Waals surface area contributed by atoms with E-state index in [9.17, 15) is 0 Å². The van der Waals surface area contributed by atoms with Gasteiger partial charge in [-0.3, -0.25) is 4.98 Å². The molecule has 7 heteroatoms. The molecule has 1 N–H and O–H groups in total. The predicted molar refractivity (Wildman–Crippen MR) is 110 cm³/mol. The molecule has 0 atom stereocenters. The van der Waals surface area contributed by atoms with Crippen molar-refractivity contribution >= 4 is 5.82 Å². The Labute approximate surface area is 168 Å². The molecule has 0 spiro atoms. The van der Waals surface area contributed by atoms with Crippen LogP contribution >= 0.6 is 0 Å². The van der Waals surface area contributed by atoms with Gasteiger partial charge in [-0.05, 0) is 42.0 Å². The van der Waals surface area contributed by atoms with Crippen molar-refractivity contribution in [1.82, 2.24) is 20.1 Å². The van der Waals surface area contributed by atoms with Crippen molar-refractivity contribution in [2.75, 3.05) is 19.0 Å². The summed E-state index contributed by atoms with van der Waals surface area (Å²) in [6.45, 7) is 0.760. The molecular weight excluding hydrogens is 366 g/mol. The number of rotatable bonds is 8. The van der Waals surface area contributed by atoms with Crippen LogP contribution in [0.5, 0.6) is 5.75 Å². The van der Waals surface area contributed by atoms with E-state index >= 15 is 0 Å². The van der Waals surface area contributed by atoms with Crippen LogP contribution in [0.25, 0.3) is 11.5 Å². The van der Waals surface area contributed by atoms with Crippen molar-refractivity contribution in [2.24, 2.45) is 0 Å². The van der Waals surface area contributed by atoms with Gasteiger partial charge in [-0.2, -0.15) is 4.98 Å². The van der Waals surface area contributed by atoms with Gasteiger partial charge < -0.3 is 14.6 Å². The summed E-state index contributed by atoms with van der Waals surface area (Å²) in [4.78, 5) is 13.2. The van der Waals surface area contributed by atoms with Crippen molar-refractivity contribution in [1.29, 1.82) is 0 Å². The number of hydrogen-bond acceptors (Lipinski definition) is 7. The average Bonchev–Trinajstić information content (AvgIpc) is 3.24. The molecular formula is C22H21N5O2. The summed E-state index contributed by atoms with van der Waals surface area (Å²) in [5.41, 5.74) is 2.92. The van der Waals surface area contributed by atoms with Crippen molar-refractivity contribution in [2.45, 2.75) is 12.8 Å². The highest BCUT2D eigenvalue weighted by atomic mass is 16.5. The summed E-state index contributed by atoms with van der Waals surface area (Å²) in [5, 5.41) is 7.36. The third kappa shape index (κ3) is 4.95. The van der Waals surface area contributed by atoms with Gasteiger partial charge in [-0.1, -0.05) is 23.4 Å². The number of benzene rings is 1. The molecule has 0 aliphatic carbocycles. The first-order valence-electron chi connectivity index (χ1n) is 9.36. The van der Waals surface area contributed by atoms with E-state index in [2.05, 4.69) is 25.4 Å². The molecule has 0 saturated carbocycles. The van der Waals surface area contributed by atoms with Gasteiger partial charge in [0.1, 0.15) is 11.6 Å². The van der Waals surface area contributed by atoms with Crippen molar-refractivity contribution in [3.05, 3.63) is 84.1 Å². The van der Waals surface area contributed by atoms with E-state index in [-0.39, 0.29) is 0 Å². The van der Waals surface area contributed by atoms with E-state index in [4.69, 9.17) is 9.26 Å². The fourth-order valence-electron chi connectivity index (χ4n) is 2.86. The maximum Gasteiger partial charge on any atom is 0.259 e. The topological polar surface area (TPSA) is 86.0 Å². The number of pyridine rings is 2. The molecule has 0 amide bonds. The van der Waals surface area contributed by atoms with Crippen LogP contribution in [0, 0.1) is 0 Å². The fourth-order valence-corrected chi connectivity index (χ4v) is 2.86. The molecule has 0 aliphatic rings. The Kier molecular flexibility index (Phi) is 5.76. The highest BCUT2D eigenvalue weighted by Gasteiger charge is 2.10. The molecule has 0 radical (unpaired) electrons. The second kappa shape index (κ2) is 8.97. The summed E-state index contributed by atoms with van der Waals surface area (Å²) >= 11 is 0. The molecule has 0 fully saturated rings. The second-order valence-corrected chi connectivity index (χ2v) is 6.47. The number of nitrogens with zero attached hydrogens (tertiary/aromatic N) is 4. The van der Waals surface area contributed by atoms with E-state index in [0.717, 1.165) is 41.4 Å². The van der Waals surface area contributed by atoms with Crippen molar-refractivity contribution in [3.8, 4) is 17.2 Å². The largest absolute Gasteiger partial charge is 0.497 e. The summed E-state index contributed by atoms with van der Waals surface area (Å²) in [5.74, 6) is 2.70. The van der Waals surface area contributed by atoms with E-state index in [1.165, 1.54) is 0 Å². The van der Waals surface area contributed by atoms with Gasteiger partial charge in [0.25, 0.3) is 5.89 Å². The van der Waals surface area contributed by atoms with Crippen LogP contribution in [-0.4, -0.2) is 33.8 Å². The average molecular weight is 387 g/mol. The van der Waals surface area contributed by atoms with Crippen LogP contribution in [0.1, 0.15) is 17.1 Å². The molecule has 4 aromatic rings. The van der Waals surface area contributed by atoms with Crippen molar-refractivity contribution < 1.29 is 9.26 Å². The molecule has 3 heterocycles. The molecule has 146 valence electrons. The van der Waals surface area contributed by atoms with E-state index < -0.39 is 0 Å². The summed E-state index contributed by atoms with van der Waals surface area (Å²) in [6, 6.07) is 17.5. The molecule has 4 rings (SSSR count). The normalized spacial score (nSPS) is 10.7. The quantitative estimate of drug-likeness (QED) is 0.492. The molecule has 0 aliphatic heterocycles. The third-order valence-corrected chi connectivity index (χ3v) is 4.41. The lowest BCUT2D eigenvalue weighted by Gasteiger charge is -2.05. The minimum atomic E-state index is 0.459. The first kappa shape index (κ1) is 18.6. The molecule has 7 nitrogen and oxygen atoms in total. The Morgan fingerprint density at radius 1 is 1.00 bits per heavy atom. The third-order valence-electron chi connectivity index (χ3n) is 4.41. The lowest BCUT2D eigenvalue weighted by atomic mass is 10.1. The zero-order chi connectivity index (χ0) is 19.9. The minimum Gasteiger partial charge on any atom is -0.497 e. The predicted octanol–water partition coefficient (Wildman–Crippen LogP) is 3.78. The lowest BCUT2D eigenvalue weighted by molar-refractivity contribution is 0.414. The summed E-state index contributed by atoms with van der Waals surface area (Å²) in [7, 11) is 1.65. The Morgan fingerprint density at radius 3 is 2.62 bits per heavy atom. The Hall–Kier alpha value is -3.74. The van der Waals surface area contributed by atoms with E-state index in [1.54, 1.807) is 19.5 Å². The molecule has 0 unspecified atom stereocenters. The number of ether oxygens (including phenoxy) is 1. The summed E-state index contributed by atoms with van der Waals surface area (Å²) in [6.07, 6.45) is 4.96. The van der Waals surface area contributed by atoms with Gasteiger partial charge in [0.05, 0.1) is 12.7 Å². The monoisotopic (exact) mass is 387 g/mol. The summed E-state index contributed by atoms with van der Waals surface area (Å²) < 4.78 is 10.6. The van der Waals surface area contributed by atoms with E-state index in [1.807, 2.05) is 54.6 Å². The highest BCUT2D eigenvalue weighted by Crippen LogP contribution is 2.19. The fraction of sp³-hybridized carbons (Fsp3) is 0.182. The number of methoxy groups -OCH3 is 1. The smallest absolute Gasteiger partial charge is 0.259 e. The SMILES string of the molecule is COc1ccc(Cc2noc(-c3ccc(NCCc4ccccn4)nc3)n2)cc1. The molecule has 29 heavy (non-hydrogen) atoms. The van der Waals surface area contributed by atoms with Gasteiger partial charge in [0.2, 0.25) is 0 Å². The number of nitrogens with one attached hydrogen (secondary N) is 1. The number of hydrogen-bond donors (Lipinski definition) is 1. The zero-order valence-electron chi connectivity index (χ0n) is 16.1. The first-order valence-corrected chi connectivity index (χ1v) is 9.36. The minimum absolute atomic E-state index is 0.459. The molecule has 1 aromatic carbocycles. The zero-order valence-corrected chi connectivity index (χ0v) is 16.1. The second-order valence-electron chi connectivity index (χ2n) is 6.47. The van der Waals surface area contributed by atoms with Crippen LogP contribution in [0.2, 0.25) is 0 Å². The molecule has 0 saturated heterocycles. The lowest BCUT2D eigenvalue weighted by Crippen LogP contribution is -2.06. The number of aromatic nitrogens is 4. The van der Waals surface area contributed by atoms with Crippen LogP contribution in [-0.2, 0) is 12.8 Å². The van der Waals surface area contributed by atoms with Crippen molar-refractivity contribution in [3.63, 3.8) is 0 Å². The van der Waals surface area contributed by atoms with Gasteiger partial charge in [0.15, 0.2) is 5.82 Å². The highest BCUT2D eigenvalue weighted by molar-refractivity contribution is 5.54. The van der Waals surface area contributed by atoms with Crippen LogP contribution in [0.15, 0.2) is 71.5 Å². The molecule has 0 bridgehead atoms. The Bertz CT molecular complexity index is 1030. The first-order chi connectivity index (χ1) is 14.3. The van der Waals surface area contributed by atoms with Gasteiger partial charge >= 0.3 is 0 Å². The van der Waals surface area contributed by atoms with Crippen LogP contribution in [0.4, 0.5) is 5.82 Å². The standard InChI is InChI=1S/C22H21N5O2/c1-28-19-8-5-16(6-9-19)14-21-26-22(29-27-21)17-7-10-20(25-15-17)24-13-11-18-4-2-3-12-23-18/h2-10,12,15H,11,13-14H2,1H3,(H,24,25). The Balaban J connectivity index is 1.34.